The van der Waals surface area contributed by atoms with Gasteiger partial charge in [0, 0.05) is 29.7 Å². The zero-order valence-corrected chi connectivity index (χ0v) is 16.5. The number of methoxy groups -OCH3 is 1. The van der Waals surface area contributed by atoms with Crippen molar-refractivity contribution in [2.24, 2.45) is 5.92 Å². The van der Waals surface area contributed by atoms with Crippen LogP contribution in [-0.2, 0) is 4.79 Å². The number of nitrogens with zero attached hydrogens (tertiary/aromatic N) is 2. The number of rotatable bonds is 5. The average Bonchev–Trinajstić information content (AvgIpc) is 3.16. The highest BCUT2D eigenvalue weighted by atomic mass is 16.5. The number of aldehydes is 1. The molecule has 0 atom stereocenters. The molecule has 1 amide bonds. The third kappa shape index (κ3) is 3.99. The van der Waals surface area contributed by atoms with Gasteiger partial charge in [-0.05, 0) is 44.7 Å². The monoisotopic (exact) mass is 393 g/mol. The fraction of sp³-hybridized carbons (Fsp3) is 0.364. The zero-order valence-electron chi connectivity index (χ0n) is 16.5. The maximum atomic E-state index is 12.6. The molecule has 0 bridgehead atoms. The van der Waals surface area contributed by atoms with Gasteiger partial charge in [0.2, 0.25) is 0 Å². The number of carbonyl (C=O) groups is 2. The summed E-state index contributed by atoms with van der Waals surface area (Å²) in [7, 11) is 1.55. The molecule has 3 aromatic rings. The lowest BCUT2D eigenvalue weighted by Gasteiger charge is -2.22. The molecule has 1 N–H and O–H groups in total. The minimum Gasteiger partial charge on any atom is -0.494 e. The lowest BCUT2D eigenvalue weighted by Crippen LogP contribution is -2.14. The Morgan fingerprint density at radius 2 is 2.00 bits per heavy atom. The Balaban J connectivity index is 1.60. The fourth-order valence-electron chi connectivity index (χ4n) is 3.77. The van der Waals surface area contributed by atoms with Crippen LogP contribution in [0, 0.1) is 12.8 Å². The maximum Gasteiger partial charge on any atom is 0.274 e. The number of nitrogens with one attached hydrogen (secondary N) is 1. The van der Waals surface area contributed by atoms with Gasteiger partial charge in [-0.25, -0.2) is 9.97 Å². The number of aromatic nitrogens is 2. The molecule has 0 aliphatic heterocycles. The van der Waals surface area contributed by atoms with Gasteiger partial charge in [-0.1, -0.05) is 6.07 Å². The first-order chi connectivity index (χ1) is 14.1. The Morgan fingerprint density at radius 1 is 1.21 bits per heavy atom. The molecule has 1 saturated carbocycles. The molecule has 1 fully saturated rings. The van der Waals surface area contributed by atoms with Crippen molar-refractivity contribution in [3.63, 3.8) is 0 Å². The van der Waals surface area contributed by atoms with E-state index >= 15 is 0 Å². The van der Waals surface area contributed by atoms with Crippen LogP contribution in [0.5, 0.6) is 5.75 Å². The van der Waals surface area contributed by atoms with E-state index in [2.05, 4.69) is 15.3 Å². The number of benzene rings is 1. The fourth-order valence-corrected chi connectivity index (χ4v) is 3.77. The highest BCUT2D eigenvalue weighted by molar-refractivity contribution is 6.04. The van der Waals surface area contributed by atoms with Crippen LogP contribution in [0.2, 0.25) is 0 Å². The number of aryl methyl sites for hydroxylation is 1. The van der Waals surface area contributed by atoms with Gasteiger partial charge in [0.1, 0.15) is 23.2 Å². The third-order valence-electron chi connectivity index (χ3n) is 5.41. The molecule has 1 aliphatic rings. The predicted molar refractivity (Wildman–Crippen MR) is 108 cm³/mol. The number of amides is 1. The van der Waals surface area contributed by atoms with Crippen LogP contribution in [0.4, 0.5) is 5.69 Å². The van der Waals surface area contributed by atoms with Crippen LogP contribution in [0.15, 0.2) is 34.7 Å². The Morgan fingerprint density at radius 3 is 2.69 bits per heavy atom. The molecule has 29 heavy (non-hydrogen) atoms. The van der Waals surface area contributed by atoms with Crippen molar-refractivity contribution in [2.45, 2.75) is 38.5 Å². The highest BCUT2D eigenvalue weighted by Crippen LogP contribution is 2.38. The van der Waals surface area contributed by atoms with Crippen molar-refractivity contribution in [1.82, 2.24) is 9.97 Å². The van der Waals surface area contributed by atoms with E-state index < -0.39 is 0 Å². The van der Waals surface area contributed by atoms with Crippen LogP contribution in [0.1, 0.15) is 53.7 Å². The number of carbonyl (C=O) groups excluding carboxylic acids is 2. The molecule has 1 aromatic carbocycles. The number of hydrogen-bond acceptors (Lipinski definition) is 6. The number of oxazole rings is 1. The van der Waals surface area contributed by atoms with Gasteiger partial charge in [0.25, 0.3) is 5.91 Å². The van der Waals surface area contributed by atoms with Gasteiger partial charge in [0.15, 0.2) is 11.5 Å². The number of pyridine rings is 1. The number of fused-ring (bicyclic) bond motifs is 1. The second-order valence-corrected chi connectivity index (χ2v) is 7.44. The quantitative estimate of drug-likeness (QED) is 0.651. The van der Waals surface area contributed by atoms with E-state index in [1.807, 2.05) is 13.0 Å². The molecule has 0 saturated heterocycles. The molecule has 2 aromatic heterocycles. The first-order valence-corrected chi connectivity index (χ1v) is 9.76. The van der Waals surface area contributed by atoms with Crippen molar-refractivity contribution >= 4 is 29.0 Å². The molecule has 7 heteroatoms. The van der Waals surface area contributed by atoms with Gasteiger partial charge >= 0.3 is 0 Å². The number of ether oxygens (including phenoxy) is 1. The summed E-state index contributed by atoms with van der Waals surface area (Å²) in [6.07, 6.45) is 4.54. The molecular formula is C22H23N3O4. The van der Waals surface area contributed by atoms with Gasteiger partial charge < -0.3 is 19.3 Å². The number of anilines is 1. The summed E-state index contributed by atoms with van der Waals surface area (Å²) < 4.78 is 11.4. The van der Waals surface area contributed by atoms with Gasteiger partial charge in [-0.15, -0.1) is 0 Å². The minimum atomic E-state index is -0.321. The molecule has 1 aliphatic carbocycles. The smallest absolute Gasteiger partial charge is 0.274 e. The van der Waals surface area contributed by atoms with Gasteiger partial charge in [-0.2, -0.15) is 0 Å². The van der Waals surface area contributed by atoms with Crippen LogP contribution < -0.4 is 10.1 Å². The van der Waals surface area contributed by atoms with E-state index in [1.165, 1.54) is 0 Å². The van der Waals surface area contributed by atoms with Crippen molar-refractivity contribution < 1.29 is 18.7 Å². The Hall–Kier alpha value is -3.22. The molecule has 2 heterocycles. The molecular weight excluding hydrogens is 370 g/mol. The normalized spacial score (nSPS) is 19.1. The Kier molecular flexibility index (Phi) is 5.29. The van der Waals surface area contributed by atoms with Crippen LogP contribution in [0.25, 0.3) is 11.1 Å². The number of hydrogen-bond donors (Lipinski definition) is 1. The lowest BCUT2D eigenvalue weighted by atomic mass is 9.83. The lowest BCUT2D eigenvalue weighted by molar-refractivity contribution is -0.112. The van der Waals surface area contributed by atoms with Gasteiger partial charge in [0.05, 0.1) is 12.8 Å². The average molecular weight is 393 g/mol. The summed E-state index contributed by atoms with van der Waals surface area (Å²) in [4.78, 5) is 32.4. The van der Waals surface area contributed by atoms with Gasteiger partial charge in [-0.3, -0.25) is 4.79 Å². The van der Waals surface area contributed by atoms with Crippen molar-refractivity contribution in [3.8, 4) is 5.75 Å². The van der Waals surface area contributed by atoms with E-state index in [0.717, 1.165) is 37.7 Å². The largest absolute Gasteiger partial charge is 0.494 e. The molecule has 0 unspecified atom stereocenters. The van der Waals surface area contributed by atoms with Crippen molar-refractivity contribution in [1.29, 1.82) is 0 Å². The molecule has 7 nitrogen and oxygen atoms in total. The summed E-state index contributed by atoms with van der Waals surface area (Å²) in [5, 5.41) is 2.85. The molecule has 0 spiro atoms. The standard InChI is InChI=1S/C22H23N3O4/c1-13-4-3-5-16(23-13)21(27)24-17-11-20-18(10-19(17)28-2)25-22(29-20)15-8-6-14(12-26)7-9-15/h3-5,10-12,14-15H,6-9H2,1-2H3,(H,24,27). The minimum absolute atomic E-state index is 0.146. The van der Waals surface area contributed by atoms with E-state index in [1.54, 1.807) is 31.4 Å². The Bertz CT molecular complexity index is 1050. The van der Waals surface area contributed by atoms with E-state index in [9.17, 15) is 9.59 Å². The first kappa shape index (κ1) is 19.1. The summed E-state index contributed by atoms with van der Waals surface area (Å²) >= 11 is 0. The van der Waals surface area contributed by atoms with E-state index in [4.69, 9.17) is 9.15 Å². The van der Waals surface area contributed by atoms with Crippen molar-refractivity contribution in [2.75, 3.05) is 12.4 Å². The summed E-state index contributed by atoms with van der Waals surface area (Å²) in [5.74, 6) is 1.21. The van der Waals surface area contributed by atoms with Crippen molar-refractivity contribution in [3.05, 3.63) is 47.6 Å². The third-order valence-corrected chi connectivity index (χ3v) is 5.41. The topological polar surface area (TPSA) is 94.3 Å². The van der Waals surface area contributed by atoms with Crippen LogP contribution in [0.3, 0.4) is 0 Å². The summed E-state index contributed by atoms with van der Waals surface area (Å²) in [5.41, 5.74) is 2.87. The van der Waals surface area contributed by atoms with E-state index in [-0.39, 0.29) is 17.7 Å². The predicted octanol–water partition coefficient (Wildman–Crippen LogP) is 4.26. The molecule has 4 rings (SSSR count). The Labute approximate surface area is 168 Å². The maximum absolute atomic E-state index is 12.6. The SMILES string of the molecule is COc1cc2nc(C3CCC(C=O)CC3)oc2cc1NC(=O)c1cccc(C)n1. The van der Waals surface area contributed by atoms with Crippen LogP contribution >= 0.6 is 0 Å². The summed E-state index contributed by atoms with van der Waals surface area (Å²) in [6.45, 7) is 1.84. The van der Waals surface area contributed by atoms with E-state index in [0.29, 0.717) is 34.1 Å². The second-order valence-electron chi connectivity index (χ2n) is 7.44. The highest BCUT2D eigenvalue weighted by Gasteiger charge is 2.26. The second kappa shape index (κ2) is 8.03. The molecule has 0 radical (unpaired) electrons. The zero-order chi connectivity index (χ0) is 20.4. The summed E-state index contributed by atoms with van der Waals surface area (Å²) in [6, 6.07) is 8.78. The molecule has 150 valence electrons. The van der Waals surface area contributed by atoms with Crippen LogP contribution in [-0.4, -0.2) is 29.3 Å². The first-order valence-electron chi connectivity index (χ1n) is 9.76.